The molecule has 88 valence electrons. The minimum atomic E-state index is -1.59. The number of carbonyl (C=O) groups excluding carboxylic acids is 2. The Bertz CT molecular complexity index is 211. The summed E-state index contributed by atoms with van der Waals surface area (Å²) in [5.74, 6) is -1.64. The Morgan fingerprint density at radius 3 is 2.00 bits per heavy atom. The maximum absolute atomic E-state index is 11.5. The van der Waals surface area contributed by atoms with E-state index in [0.29, 0.717) is 13.1 Å². The van der Waals surface area contributed by atoms with E-state index in [1.807, 2.05) is 13.8 Å². The van der Waals surface area contributed by atoms with Crippen LogP contribution in [0, 0.1) is 0 Å². The molecule has 0 aromatic rings. The van der Waals surface area contributed by atoms with Gasteiger partial charge in [-0.3, -0.25) is 9.59 Å². The summed E-state index contributed by atoms with van der Waals surface area (Å²) < 4.78 is 0. The number of carbonyl (C=O) groups is 2. The SMILES string of the molecule is CCCN(CCC)C(=O)C(=O)[C@H](O)CO. The molecular formula is C10H19NO4. The Morgan fingerprint density at radius 1 is 1.20 bits per heavy atom. The van der Waals surface area contributed by atoms with Gasteiger partial charge in [0.1, 0.15) is 6.10 Å². The topological polar surface area (TPSA) is 77.8 Å². The normalized spacial score (nSPS) is 12.3. The van der Waals surface area contributed by atoms with E-state index in [1.165, 1.54) is 4.90 Å². The molecule has 0 radical (unpaired) electrons. The van der Waals surface area contributed by atoms with Crippen LogP contribution in [0.1, 0.15) is 26.7 Å². The van der Waals surface area contributed by atoms with Crippen molar-refractivity contribution in [2.45, 2.75) is 32.8 Å². The van der Waals surface area contributed by atoms with Crippen molar-refractivity contribution in [2.75, 3.05) is 19.7 Å². The Hall–Kier alpha value is -0.940. The zero-order valence-electron chi connectivity index (χ0n) is 9.27. The monoisotopic (exact) mass is 217 g/mol. The summed E-state index contributed by atoms with van der Waals surface area (Å²) in [7, 11) is 0. The van der Waals surface area contributed by atoms with E-state index in [4.69, 9.17) is 10.2 Å². The minimum absolute atomic E-state index is 0.497. The van der Waals surface area contributed by atoms with Crippen molar-refractivity contribution in [2.24, 2.45) is 0 Å². The molecule has 0 aromatic carbocycles. The molecule has 0 fully saturated rings. The molecule has 1 atom stereocenters. The Morgan fingerprint density at radius 2 is 1.67 bits per heavy atom. The third kappa shape index (κ3) is 4.40. The van der Waals surface area contributed by atoms with Crippen molar-refractivity contribution in [3.8, 4) is 0 Å². The van der Waals surface area contributed by atoms with Crippen LogP contribution in [0.3, 0.4) is 0 Å². The summed E-state index contributed by atoms with van der Waals surface area (Å²) >= 11 is 0. The summed E-state index contributed by atoms with van der Waals surface area (Å²) in [4.78, 5) is 24.2. The molecule has 0 aliphatic heterocycles. The first-order valence-corrected chi connectivity index (χ1v) is 5.20. The molecule has 0 spiro atoms. The largest absolute Gasteiger partial charge is 0.393 e. The highest BCUT2D eigenvalue weighted by Gasteiger charge is 2.26. The van der Waals surface area contributed by atoms with Gasteiger partial charge in [0.05, 0.1) is 6.61 Å². The summed E-state index contributed by atoms with van der Waals surface area (Å²) in [6, 6.07) is 0. The third-order valence-electron chi connectivity index (χ3n) is 1.96. The predicted octanol–water partition coefficient (Wildman–Crippen LogP) is -0.443. The highest BCUT2D eigenvalue weighted by atomic mass is 16.3. The zero-order chi connectivity index (χ0) is 11.8. The van der Waals surface area contributed by atoms with Gasteiger partial charge in [-0.15, -0.1) is 0 Å². The maximum atomic E-state index is 11.5. The fraction of sp³-hybridized carbons (Fsp3) is 0.800. The Balaban J connectivity index is 4.41. The van der Waals surface area contributed by atoms with E-state index < -0.39 is 24.4 Å². The van der Waals surface area contributed by atoms with Crippen LogP contribution in [0.2, 0.25) is 0 Å². The first-order valence-electron chi connectivity index (χ1n) is 5.20. The molecule has 15 heavy (non-hydrogen) atoms. The zero-order valence-corrected chi connectivity index (χ0v) is 9.27. The highest BCUT2D eigenvalue weighted by Crippen LogP contribution is 1.98. The molecule has 0 saturated heterocycles. The van der Waals surface area contributed by atoms with E-state index in [0.717, 1.165) is 12.8 Å². The first-order chi connectivity index (χ1) is 7.08. The molecule has 0 saturated carbocycles. The van der Waals surface area contributed by atoms with Crippen molar-refractivity contribution in [3.05, 3.63) is 0 Å². The van der Waals surface area contributed by atoms with Crippen LogP contribution in [0.5, 0.6) is 0 Å². The van der Waals surface area contributed by atoms with Gasteiger partial charge in [-0.05, 0) is 12.8 Å². The average Bonchev–Trinajstić information content (AvgIpc) is 2.25. The Labute approximate surface area is 89.7 Å². The number of rotatable bonds is 7. The number of aliphatic hydroxyl groups excluding tert-OH is 2. The van der Waals surface area contributed by atoms with Gasteiger partial charge in [0.2, 0.25) is 0 Å². The van der Waals surface area contributed by atoms with Crippen LogP contribution < -0.4 is 0 Å². The van der Waals surface area contributed by atoms with Crippen LogP contribution >= 0.6 is 0 Å². The molecule has 0 aliphatic rings. The lowest BCUT2D eigenvalue weighted by atomic mass is 10.2. The lowest BCUT2D eigenvalue weighted by Crippen LogP contribution is -2.43. The average molecular weight is 217 g/mol. The second kappa shape index (κ2) is 7.36. The van der Waals surface area contributed by atoms with Crippen LogP contribution in [0.4, 0.5) is 0 Å². The van der Waals surface area contributed by atoms with Crippen LogP contribution in [-0.4, -0.2) is 52.6 Å². The van der Waals surface area contributed by atoms with E-state index in [9.17, 15) is 9.59 Å². The highest BCUT2D eigenvalue weighted by molar-refractivity contribution is 6.37. The number of ketones is 1. The lowest BCUT2D eigenvalue weighted by molar-refractivity contribution is -0.150. The molecule has 5 heteroatoms. The molecule has 5 nitrogen and oxygen atoms in total. The van der Waals surface area contributed by atoms with Crippen LogP contribution in [0.15, 0.2) is 0 Å². The lowest BCUT2D eigenvalue weighted by Gasteiger charge is -2.21. The van der Waals surface area contributed by atoms with E-state index in [-0.39, 0.29) is 0 Å². The molecule has 0 aliphatic carbocycles. The van der Waals surface area contributed by atoms with Crippen molar-refractivity contribution >= 4 is 11.7 Å². The van der Waals surface area contributed by atoms with Gasteiger partial charge < -0.3 is 15.1 Å². The van der Waals surface area contributed by atoms with Gasteiger partial charge in [0.15, 0.2) is 0 Å². The van der Waals surface area contributed by atoms with E-state index >= 15 is 0 Å². The number of aliphatic hydroxyl groups is 2. The first kappa shape index (κ1) is 14.1. The second-order valence-electron chi connectivity index (χ2n) is 3.35. The fourth-order valence-electron chi connectivity index (χ4n) is 1.24. The molecule has 0 aromatic heterocycles. The summed E-state index contributed by atoms with van der Waals surface area (Å²) in [5.41, 5.74) is 0. The summed E-state index contributed by atoms with van der Waals surface area (Å²) in [5, 5.41) is 17.6. The quantitative estimate of drug-likeness (QED) is 0.567. The van der Waals surface area contributed by atoms with Crippen molar-refractivity contribution < 1.29 is 19.8 Å². The van der Waals surface area contributed by atoms with Gasteiger partial charge in [-0.25, -0.2) is 0 Å². The van der Waals surface area contributed by atoms with Crippen molar-refractivity contribution in [1.29, 1.82) is 0 Å². The number of nitrogens with zero attached hydrogens (tertiary/aromatic N) is 1. The fourth-order valence-corrected chi connectivity index (χ4v) is 1.24. The molecule has 2 N–H and O–H groups in total. The number of hydrogen-bond donors (Lipinski definition) is 2. The van der Waals surface area contributed by atoms with E-state index in [2.05, 4.69) is 0 Å². The number of hydrogen-bond acceptors (Lipinski definition) is 4. The maximum Gasteiger partial charge on any atom is 0.292 e. The van der Waals surface area contributed by atoms with Gasteiger partial charge in [-0.1, -0.05) is 13.8 Å². The van der Waals surface area contributed by atoms with Gasteiger partial charge in [0.25, 0.3) is 11.7 Å². The summed E-state index contributed by atoms with van der Waals surface area (Å²) in [6.07, 6.45) is -0.0728. The standard InChI is InChI=1S/C10H19NO4/c1-3-5-11(6-4-2)10(15)9(14)8(13)7-12/h8,12-13H,3-7H2,1-2H3/t8-/m1/s1. The molecule has 1 amide bonds. The third-order valence-corrected chi connectivity index (χ3v) is 1.96. The smallest absolute Gasteiger partial charge is 0.292 e. The molecule has 0 bridgehead atoms. The Kier molecular flexibility index (Phi) is 6.90. The van der Waals surface area contributed by atoms with E-state index in [1.54, 1.807) is 0 Å². The molecule has 0 heterocycles. The minimum Gasteiger partial charge on any atom is -0.393 e. The molecule has 0 unspecified atom stereocenters. The van der Waals surface area contributed by atoms with Crippen molar-refractivity contribution in [1.82, 2.24) is 4.90 Å². The second-order valence-corrected chi connectivity index (χ2v) is 3.35. The number of Topliss-reactive ketones (excluding diaryl/α,β-unsaturated/α-hetero) is 1. The molecular weight excluding hydrogens is 198 g/mol. The van der Waals surface area contributed by atoms with Crippen molar-refractivity contribution in [3.63, 3.8) is 0 Å². The number of amides is 1. The van der Waals surface area contributed by atoms with Gasteiger partial charge >= 0.3 is 0 Å². The van der Waals surface area contributed by atoms with Gasteiger partial charge in [0, 0.05) is 13.1 Å². The van der Waals surface area contributed by atoms with Gasteiger partial charge in [-0.2, -0.15) is 0 Å². The molecule has 0 rings (SSSR count). The predicted molar refractivity (Wildman–Crippen MR) is 55.3 cm³/mol. The van der Waals surface area contributed by atoms with Crippen LogP contribution in [-0.2, 0) is 9.59 Å². The van der Waals surface area contributed by atoms with Crippen LogP contribution in [0.25, 0.3) is 0 Å². The summed E-state index contributed by atoms with van der Waals surface area (Å²) in [6.45, 7) is 4.09.